The summed E-state index contributed by atoms with van der Waals surface area (Å²) in [6, 6.07) is 1.34. The number of aliphatic carboxylic acids is 1. The highest BCUT2D eigenvalue weighted by molar-refractivity contribution is 5.70. The average molecular weight is 212 g/mol. The highest BCUT2D eigenvalue weighted by atomic mass is 19.1. The van der Waals surface area contributed by atoms with Crippen molar-refractivity contribution in [3.63, 3.8) is 0 Å². The number of rotatable bonds is 1. The first kappa shape index (κ1) is 11.0. The average Bonchev–Trinajstić information content (AvgIpc) is 2.12. The van der Waals surface area contributed by atoms with Crippen molar-refractivity contribution < 1.29 is 23.8 Å². The Bertz CT molecular complexity index is 458. The van der Waals surface area contributed by atoms with Gasteiger partial charge in [-0.2, -0.15) is 0 Å². The Hall–Kier alpha value is -2.09. The molecule has 0 radical (unpaired) electrons. The Morgan fingerprint density at radius 2 is 2.07 bits per heavy atom. The SMILES string of the molecule is O=C(O)CC#Cc1cc(F)cc(F)c1O. The van der Waals surface area contributed by atoms with Gasteiger partial charge in [-0.25, -0.2) is 8.78 Å². The molecule has 0 aliphatic rings. The van der Waals surface area contributed by atoms with Gasteiger partial charge in [-0.3, -0.25) is 4.79 Å². The minimum atomic E-state index is -1.15. The van der Waals surface area contributed by atoms with Crippen molar-refractivity contribution in [1.29, 1.82) is 0 Å². The third kappa shape index (κ3) is 2.95. The van der Waals surface area contributed by atoms with Crippen molar-refractivity contribution in [3.8, 4) is 17.6 Å². The van der Waals surface area contributed by atoms with Crippen LogP contribution in [0.4, 0.5) is 8.78 Å². The number of phenols is 1. The zero-order valence-electron chi connectivity index (χ0n) is 7.42. The van der Waals surface area contributed by atoms with Crippen LogP contribution in [0.25, 0.3) is 0 Å². The number of carboxylic acids is 1. The normalized spacial score (nSPS) is 9.20. The summed E-state index contributed by atoms with van der Waals surface area (Å²) in [6.45, 7) is 0. The molecular formula is C10H6F2O3. The molecule has 1 aromatic carbocycles. The monoisotopic (exact) mass is 212 g/mol. The van der Waals surface area contributed by atoms with Gasteiger partial charge in [-0.05, 0) is 6.07 Å². The second kappa shape index (κ2) is 4.42. The molecule has 0 saturated heterocycles. The fraction of sp³-hybridized carbons (Fsp3) is 0.100. The number of phenolic OH excluding ortho intramolecular Hbond substituents is 1. The maximum absolute atomic E-state index is 12.8. The Kier molecular flexibility index (Phi) is 3.24. The van der Waals surface area contributed by atoms with Crippen LogP contribution in [0.15, 0.2) is 12.1 Å². The molecule has 0 aliphatic carbocycles. The molecule has 0 spiro atoms. The third-order valence-corrected chi connectivity index (χ3v) is 1.49. The Morgan fingerprint density at radius 1 is 1.40 bits per heavy atom. The van der Waals surface area contributed by atoms with Gasteiger partial charge in [0.2, 0.25) is 0 Å². The van der Waals surface area contributed by atoms with Gasteiger partial charge < -0.3 is 10.2 Å². The Labute approximate surface area is 84.0 Å². The minimum Gasteiger partial charge on any atom is -0.504 e. The van der Waals surface area contributed by atoms with E-state index in [1.54, 1.807) is 0 Å². The molecular weight excluding hydrogens is 206 g/mol. The lowest BCUT2D eigenvalue weighted by atomic mass is 10.2. The van der Waals surface area contributed by atoms with Crippen LogP contribution in [0.3, 0.4) is 0 Å². The second-order valence-corrected chi connectivity index (χ2v) is 2.66. The molecule has 0 atom stereocenters. The number of benzene rings is 1. The van der Waals surface area contributed by atoms with E-state index < -0.39 is 29.8 Å². The molecule has 2 N–H and O–H groups in total. The van der Waals surface area contributed by atoms with Crippen LogP contribution in [0, 0.1) is 23.5 Å². The van der Waals surface area contributed by atoms with E-state index in [-0.39, 0.29) is 5.56 Å². The number of aromatic hydroxyl groups is 1. The van der Waals surface area contributed by atoms with Gasteiger partial charge in [0.1, 0.15) is 12.2 Å². The molecule has 3 nitrogen and oxygen atoms in total. The van der Waals surface area contributed by atoms with Gasteiger partial charge >= 0.3 is 5.97 Å². The molecule has 0 amide bonds. The zero-order chi connectivity index (χ0) is 11.4. The van der Waals surface area contributed by atoms with Crippen LogP contribution in [-0.2, 0) is 4.79 Å². The molecule has 78 valence electrons. The van der Waals surface area contributed by atoms with Crippen molar-refractivity contribution in [1.82, 2.24) is 0 Å². The Balaban J connectivity index is 3.02. The summed E-state index contributed by atoms with van der Waals surface area (Å²) in [6.07, 6.45) is -0.461. The van der Waals surface area contributed by atoms with Crippen LogP contribution >= 0.6 is 0 Å². The summed E-state index contributed by atoms with van der Waals surface area (Å²) in [5.74, 6) is 0.367. The van der Waals surface area contributed by atoms with Gasteiger partial charge in [0, 0.05) is 6.07 Å². The molecule has 0 saturated carbocycles. The van der Waals surface area contributed by atoms with Crippen LogP contribution in [0.5, 0.6) is 5.75 Å². The molecule has 15 heavy (non-hydrogen) atoms. The third-order valence-electron chi connectivity index (χ3n) is 1.49. The topological polar surface area (TPSA) is 57.5 Å². The molecule has 0 bridgehead atoms. The molecule has 5 heteroatoms. The van der Waals surface area contributed by atoms with Crippen molar-refractivity contribution in [3.05, 3.63) is 29.3 Å². The van der Waals surface area contributed by atoms with Gasteiger partial charge in [0.25, 0.3) is 0 Å². The standard InChI is InChI=1S/C10H6F2O3/c11-7-4-6(2-1-3-9(13)14)10(15)8(12)5-7/h4-5,15H,3H2,(H,13,14). The first-order valence-electron chi connectivity index (χ1n) is 3.89. The first-order chi connectivity index (χ1) is 7.00. The zero-order valence-corrected chi connectivity index (χ0v) is 7.42. The van der Waals surface area contributed by atoms with Crippen molar-refractivity contribution >= 4 is 5.97 Å². The molecule has 0 heterocycles. The molecule has 1 aromatic rings. The Morgan fingerprint density at radius 3 is 2.67 bits per heavy atom. The van der Waals surface area contributed by atoms with Crippen molar-refractivity contribution in [2.45, 2.75) is 6.42 Å². The van der Waals surface area contributed by atoms with E-state index in [9.17, 15) is 13.6 Å². The van der Waals surface area contributed by atoms with E-state index in [1.807, 2.05) is 0 Å². The lowest BCUT2D eigenvalue weighted by Gasteiger charge is -1.98. The van der Waals surface area contributed by atoms with Crippen molar-refractivity contribution in [2.75, 3.05) is 0 Å². The fourth-order valence-corrected chi connectivity index (χ4v) is 0.876. The van der Waals surface area contributed by atoms with E-state index in [4.69, 9.17) is 10.2 Å². The molecule has 0 fully saturated rings. The minimum absolute atomic E-state index is 0.270. The van der Waals surface area contributed by atoms with Crippen LogP contribution in [-0.4, -0.2) is 16.2 Å². The van der Waals surface area contributed by atoms with E-state index in [0.29, 0.717) is 6.07 Å². The summed E-state index contributed by atoms with van der Waals surface area (Å²) in [5, 5.41) is 17.4. The highest BCUT2D eigenvalue weighted by Crippen LogP contribution is 2.21. The number of halogens is 2. The highest BCUT2D eigenvalue weighted by Gasteiger charge is 2.07. The van der Waals surface area contributed by atoms with Gasteiger partial charge in [-0.1, -0.05) is 11.8 Å². The lowest BCUT2D eigenvalue weighted by Crippen LogP contribution is -1.91. The molecule has 1 rings (SSSR count). The summed E-state index contributed by atoms with van der Waals surface area (Å²) in [4.78, 5) is 10.1. The number of carbonyl (C=O) groups is 1. The predicted octanol–water partition coefficient (Wildman–Crippen LogP) is 1.50. The van der Waals surface area contributed by atoms with Gasteiger partial charge in [-0.15, -0.1) is 0 Å². The van der Waals surface area contributed by atoms with Crippen LogP contribution in [0.2, 0.25) is 0 Å². The largest absolute Gasteiger partial charge is 0.504 e. The number of hydrogen-bond donors (Lipinski definition) is 2. The second-order valence-electron chi connectivity index (χ2n) is 2.66. The van der Waals surface area contributed by atoms with Gasteiger partial charge in [0.05, 0.1) is 5.56 Å². The van der Waals surface area contributed by atoms with E-state index >= 15 is 0 Å². The molecule has 0 unspecified atom stereocenters. The lowest BCUT2D eigenvalue weighted by molar-refractivity contribution is -0.135. The van der Waals surface area contributed by atoms with E-state index in [0.717, 1.165) is 6.07 Å². The first-order valence-corrected chi connectivity index (χ1v) is 3.89. The van der Waals surface area contributed by atoms with E-state index in [2.05, 4.69) is 11.8 Å². The summed E-state index contributed by atoms with van der Waals surface area (Å²) < 4.78 is 25.4. The predicted molar refractivity (Wildman–Crippen MR) is 47.2 cm³/mol. The summed E-state index contributed by atoms with van der Waals surface area (Å²) in [5.41, 5.74) is -0.270. The quantitative estimate of drug-likeness (QED) is 0.693. The molecule has 0 aromatic heterocycles. The number of hydrogen-bond acceptors (Lipinski definition) is 2. The van der Waals surface area contributed by atoms with E-state index in [1.165, 1.54) is 0 Å². The fourth-order valence-electron chi connectivity index (χ4n) is 0.876. The van der Waals surface area contributed by atoms with Crippen LogP contribution in [0.1, 0.15) is 12.0 Å². The summed E-state index contributed by atoms with van der Waals surface area (Å²) >= 11 is 0. The smallest absolute Gasteiger partial charge is 0.315 e. The van der Waals surface area contributed by atoms with Crippen LogP contribution < -0.4 is 0 Å². The number of carboxylic acid groups (broad SMARTS) is 1. The van der Waals surface area contributed by atoms with Crippen molar-refractivity contribution in [2.24, 2.45) is 0 Å². The summed E-state index contributed by atoms with van der Waals surface area (Å²) in [7, 11) is 0. The maximum atomic E-state index is 12.8. The maximum Gasteiger partial charge on any atom is 0.315 e. The molecule has 0 aliphatic heterocycles. The van der Waals surface area contributed by atoms with Gasteiger partial charge in [0.15, 0.2) is 11.6 Å².